The lowest BCUT2D eigenvalue weighted by molar-refractivity contribution is 0.663. The fraction of sp³-hybridized carbons (Fsp3) is 0.0222. The molecule has 1 aliphatic carbocycles. The fourth-order valence-electron chi connectivity index (χ4n) is 23.1. The molecule has 0 saturated heterocycles. The maximum absolute atomic E-state index is 2.44. The van der Waals surface area contributed by atoms with Crippen molar-refractivity contribution in [3.05, 3.63) is 509 Å². The molecular formula is C135H88N2. The zero-order chi connectivity index (χ0) is 90.5. The van der Waals surface area contributed by atoms with Gasteiger partial charge in [0.2, 0.25) is 0 Å². The Morgan fingerprint density at radius 2 is 0.307 bits per heavy atom. The highest BCUT2D eigenvalue weighted by molar-refractivity contribution is 6.31. The summed E-state index contributed by atoms with van der Waals surface area (Å²) in [5.41, 5.74) is 37.6. The molecule has 2 nitrogen and oxygen atoms in total. The van der Waals surface area contributed by atoms with Crippen LogP contribution in [0.1, 0.15) is 25.0 Å². The van der Waals surface area contributed by atoms with E-state index in [1.165, 1.54) is 274 Å². The Kier molecular flexibility index (Phi) is 18.4. The van der Waals surface area contributed by atoms with Crippen molar-refractivity contribution in [2.75, 3.05) is 0 Å². The lowest BCUT2D eigenvalue weighted by atomic mass is 9.82. The molecule has 0 spiro atoms. The van der Waals surface area contributed by atoms with Crippen LogP contribution in [0, 0.1) is 0 Å². The van der Waals surface area contributed by atoms with Gasteiger partial charge in [-0.15, -0.1) is 0 Å². The van der Waals surface area contributed by atoms with Gasteiger partial charge >= 0.3 is 0 Å². The first-order chi connectivity index (χ1) is 67.7. The smallest absolute Gasteiger partial charge is 0.0620 e. The molecule has 24 aromatic carbocycles. The third-order valence-electron chi connectivity index (χ3n) is 29.6. The second kappa shape index (κ2) is 31.9. The average molecular weight is 1740 g/mol. The van der Waals surface area contributed by atoms with Gasteiger partial charge < -0.3 is 8.80 Å². The number of nitrogens with zero attached hydrogens (tertiary/aromatic N) is 2. The van der Waals surface area contributed by atoms with Gasteiger partial charge in [-0.3, -0.25) is 0 Å². The van der Waals surface area contributed by atoms with Crippen molar-refractivity contribution < 1.29 is 0 Å². The summed E-state index contributed by atoms with van der Waals surface area (Å²) in [6, 6.07) is 183. The highest BCUT2D eigenvalue weighted by Gasteiger charge is 2.35. The summed E-state index contributed by atoms with van der Waals surface area (Å²) in [6.07, 6.45) is 0. The standard InChI is InChI=1S/C48H29N.C48H31N.C39H28/c1-2-17-38-36(15-1)37-16-3-4-18-39(37)43-27-34(23-24-40(38)43)32-13-9-11-30(25-32)31-12-10-14-33(26-31)35-28-44-41-19-5-7-21-46(41)49-47-22-8-6-20-42(47)45(29-35)48(44)49;1-3-13-32(14-4-1)38-27-39(33-15-5-2-6-16-33)29-40(28-38)36-19-11-17-34(25-36)35-18-12-20-37(26-35)41-30-44-42-21-7-9-23-46(42)49-47-24-10-8-22-43(47)45(31-41)48(44)49;1-39(2)35-18-8-16-32-31-21-20-30(24-34(31)33-17-9-19-36(39)38(33)37(32)35)29-15-7-14-28(23-29)27-13-6-12-26(22-27)25-10-4-3-5-11-25/h1-29H;1-31H;3-24H,1-2H3. The molecule has 4 heterocycles. The highest BCUT2D eigenvalue weighted by Crippen LogP contribution is 2.53. The van der Waals surface area contributed by atoms with Gasteiger partial charge in [0.15, 0.2) is 0 Å². The van der Waals surface area contributed by atoms with Crippen LogP contribution in [0.3, 0.4) is 0 Å². The van der Waals surface area contributed by atoms with Crippen molar-refractivity contribution in [3.63, 3.8) is 0 Å². The average Bonchev–Trinajstić information content (AvgIpc) is 1.53. The fourth-order valence-corrected chi connectivity index (χ4v) is 23.1. The summed E-state index contributed by atoms with van der Waals surface area (Å²) >= 11 is 0. The Bertz CT molecular complexity index is 9490. The number of para-hydroxylation sites is 4. The monoisotopic (exact) mass is 1740 g/mol. The zero-order valence-electron chi connectivity index (χ0n) is 75.7. The number of benzene rings is 24. The lowest BCUT2D eigenvalue weighted by Gasteiger charge is -2.21. The van der Waals surface area contributed by atoms with Gasteiger partial charge in [-0.1, -0.05) is 396 Å². The minimum Gasteiger partial charge on any atom is -0.308 e. The number of hydrogen-bond donors (Lipinski definition) is 0. The van der Waals surface area contributed by atoms with Crippen LogP contribution in [0.2, 0.25) is 0 Å². The molecular weight excluding hydrogens is 1650 g/mol. The zero-order valence-corrected chi connectivity index (χ0v) is 75.7. The van der Waals surface area contributed by atoms with Gasteiger partial charge in [-0.05, 0) is 313 Å². The van der Waals surface area contributed by atoms with Gasteiger partial charge in [0.25, 0.3) is 0 Å². The van der Waals surface area contributed by atoms with Crippen molar-refractivity contribution in [1.82, 2.24) is 8.80 Å². The molecule has 0 amide bonds. The number of hydrogen-bond acceptors (Lipinski definition) is 0. The van der Waals surface area contributed by atoms with Gasteiger partial charge in [0.05, 0.1) is 33.1 Å². The summed E-state index contributed by atoms with van der Waals surface area (Å²) in [4.78, 5) is 0. The molecule has 4 aromatic heterocycles. The third kappa shape index (κ3) is 13.1. The maximum atomic E-state index is 2.44. The van der Waals surface area contributed by atoms with Crippen molar-refractivity contribution in [1.29, 1.82) is 0 Å². The van der Waals surface area contributed by atoms with E-state index >= 15 is 0 Å². The van der Waals surface area contributed by atoms with Crippen LogP contribution in [0.4, 0.5) is 0 Å². The number of fused-ring (bicyclic) bond motifs is 21. The summed E-state index contributed by atoms with van der Waals surface area (Å²) in [7, 11) is 0. The van der Waals surface area contributed by atoms with E-state index < -0.39 is 0 Å². The molecule has 1 aliphatic rings. The molecule has 2 heteroatoms. The first-order valence-corrected chi connectivity index (χ1v) is 47.7. The quantitative estimate of drug-likeness (QED) is 0.114. The number of rotatable bonds is 11. The van der Waals surface area contributed by atoms with E-state index in [0.717, 1.165) is 0 Å². The minimum absolute atomic E-state index is 0.0180. The van der Waals surface area contributed by atoms with E-state index in [9.17, 15) is 0 Å². The highest BCUT2D eigenvalue weighted by atomic mass is 14.9. The van der Waals surface area contributed by atoms with E-state index in [1.807, 2.05) is 0 Å². The molecule has 0 fully saturated rings. The van der Waals surface area contributed by atoms with Gasteiger partial charge in [0.1, 0.15) is 0 Å². The van der Waals surface area contributed by atoms with Gasteiger partial charge in [-0.2, -0.15) is 0 Å². The second-order valence-electron chi connectivity index (χ2n) is 37.7. The molecule has 0 bridgehead atoms. The maximum Gasteiger partial charge on any atom is 0.0620 e. The molecule has 137 heavy (non-hydrogen) atoms. The SMILES string of the molecule is CC1(C)c2cccc3c4ccc(-c5cccc(-c6cccc(-c7ccccc7)c6)c5)cc4c4cccc1c4c23.c1cc(-c2cccc(-c3cc4c5ccccc5n5c6ccccc6c(c3)c45)c2)cc(-c2ccc3c4ccccc4c4ccccc4c3c2)c1.c1ccc(-c2cc(-c3ccccc3)cc(-c3cccc(-c4cccc(-c5cc6c7ccccc7n7c8ccccc8c(c5)c67)c4)c3)c2)cc1. The third-order valence-corrected chi connectivity index (χ3v) is 29.6. The molecule has 29 rings (SSSR count). The van der Waals surface area contributed by atoms with E-state index in [-0.39, 0.29) is 5.41 Å². The topological polar surface area (TPSA) is 8.82 Å². The Hall–Kier alpha value is -17.6. The van der Waals surface area contributed by atoms with Crippen molar-refractivity contribution >= 4 is 141 Å². The summed E-state index contributed by atoms with van der Waals surface area (Å²) in [5.74, 6) is 0. The molecule has 0 unspecified atom stereocenters. The Morgan fingerprint density at radius 3 is 0.628 bits per heavy atom. The van der Waals surface area contributed by atoms with Crippen LogP contribution < -0.4 is 0 Å². The normalized spacial score (nSPS) is 12.4. The lowest BCUT2D eigenvalue weighted by Crippen LogP contribution is -2.14. The molecule has 0 N–H and O–H groups in total. The summed E-state index contributed by atoms with van der Waals surface area (Å²) in [5, 5.41) is 26.5. The Labute approximate surface area is 794 Å². The van der Waals surface area contributed by atoms with E-state index in [2.05, 4.69) is 520 Å². The predicted octanol–water partition coefficient (Wildman–Crippen LogP) is 37.3. The Morgan fingerprint density at radius 1 is 0.124 bits per heavy atom. The van der Waals surface area contributed by atoms with Crippen molar-refractivity contribution in [2.24, 2.45) is 0 Å². The van der Waals surface area contributed by atoms with Crippen LogP contribution in [0.25, 0.3) is 263 Å². The number of aromatic nitrogens is 2. The first kappa shape index (κ1) is 79.2. The first-order valence-electron chi connectivity index (χ1n) is 47.7. The van der Waals surface area contributed by atoms with E-state index in [0.29, 0.717) is 0 Å². The molecule has 0 saturated carbocycles. The summed E-state index contributed by atoms with van der Waals surface area (Å²) < 4.78 is 4.89. The van der Waals surface area contributed by atoms with Gasteiger partial charge in [-0.25, -0.2) is 0 Å². The summed E-state index contributed by atoms with van der Waals surface area (Å²) in [6.45, 7) is 4.73. The molecule has 0 atom stereocenters. The van der Waals surface area contributed by atoms with Crippen molar-refractivity contribution in [2.45, 2.75) is 19.3 Å². The predicted molar refractivity (Wildman–Crippen MR) is 586 cm³/mol. The van der Waals surface area contributed by atoms with Crippen molar-refractivity contribution in [3.8, 4) is 122 Å². The van der Waals surface area contributed by atoms with E-state index in [1.54, 1.807) is 0 Å². The molecule has 0 aliphatic heterocycles. The van der Waals surface area contributed by atoms with Crippen LogP contribution in [0.15, 0.2) is 497 Å². The van der Waals surface area contributed by atoms with Gasteiger partial charge in [0, 0.05) is 48.5 Å². The van der Waals surface area contributed by atoms with Crippen LogP contribution in [0.5, 0.6) is 0 Å². The van der Waals surface area contributed by atoms with Crippen LogP contribution >= 0.6 is 0 Å². The second-order valence-corrected chi connectivity index (χ2v) is 37.7. The largest absolute Gasteiger partial charge is 0.308 e. The van der Waals surface area contributed by atoms with Crippen LogP contribution in [-0.4, -0.2) is 8.80 Å². The molecule has 638 valence electrons. The minimum atomic E-state index is 0.0180. The molecule has 28 aromatic rings. The Balaban J connectivity index is 0.000000105. The molecule has 0 radical (unpaired) electrons. The van der Waals surface area contributed by atoms with Crippen LogP contribution in [-0.2, 0) is 5.41 Å². The van der Waals surface area contributed by atoms with E-state index in [4.69, 9.17) is 0 Å².